The van der Waals surface area contributed by atoms with Gasteiger partial charge in [0.2, 0.25) is 11.9 Å². The zero-order valence-corrected chi connectivity index (χ0v) is 17.3. The first kappa shape index (κ1) is 19.8. The highest BCUT2D eigenvalue weighted by Gasteiger charge is 2.29. The van der Waals surface area contributed by atoms with Gasteiger partial charge in [0, 0.05) is 62.2 Å². The Labute approximate surface area is 172 Å². The van der Waals surface area contributed by atoms with Crippen LogP contribution in [0.2, 0.25) is 0 Å². The van der Waals surface area contributed by atoms with Crippen LogP contribution in [0.1, 0.15) is 38.3 Å². The van der Waals surface area contributed by atoms with E-state index in [0.717, 1.165) is 55.2 Å². The third kappa shape index (κ3) is 4.40. The van der Waals surface area contributed by atoms with Crippen molar-refractivity contribution in [2.24, 2.45) is 5.92 Å². The Morgan fingerprint density at radius 1 is 1.17 bits per heavy atom. The predicted molar refractivity (Wildman–Crippen MR) is 112 cm³/mol. The van der Waals surface area contributed by atoms with Crippen LogP contribution in [0.25, 0.3) is 11.1 Å². The lowest BCUT2D eigenvalue weighted by molar-refractivity contribution is -0.135. The van der Waals surface area contributed by atoms with Crippen molar-refractivity contribution < 1.29 is 9.53 Å². The average molecular weight is 396 g/mol. The molecule has 0 aliphatic carbocycles. The van der Waals surface area contributed by atoms with E-state index in [0.29, 0.717) is 19.8 Å². The van der Waals surface area contributed by atoms with Gasteiger partial charge < -0.3 is 14.5 Å². The number of anilines is 1. The molecule has 154 valence electrons. The smallest absolute Gasteiger partial charge is 0.225 e. The summed E-state index contributed by atoms with van der Waals surface area (Å²) in [6, 6.07) is 3.99. The molecule has 0 radical (unpaired) electrons. The molecule has 4 heterocycles. The largest absolute Gasteiger partial charge is 0.378 e. The molecule has 0 N–H and O–H groups in total. The number of nitrogens with zero attached hydrogens (tertiary/aromatic N) is 5. The Morgan fingerprint density at radius 2 is 1.93 bits per heavy atom. The fourth-order valence-electron chi connectivity index (χ4n) is 4.13. The molecule has 7 heteroatoms. The Bertz CT molecular complexity index is 836. The van der Waals surface area contributed by atoms with Gasteiger partial charge in [-0.05, 0) is 30.5 Å². The number of carbonyl (C=O) groups excluding carboxylic acids is 1. The lowest BCUT2D eigenvalue weighted by Gasteiger charge is -2.35. The van der Waals surface area contributed by atoms with Crippen LogP contribution >= 0.6 is 0 Å². The molecule has 0 bridgehead atoms. The molecular weight excluding hydrogens is 366 g/mol. The second-order valence-corrected chi connectivity index (χ2v) is 8.08. The summed E-state index contributed by atoms with van der Waals surface area (Å²) in [6.07, 6.45) is 7.55. The molecule has 2 aliphatic rings. The van der Waals surface area contributed by atoms with Gasteiger partial charge in [-0.15, -0.1) is 0 Å². The predicted octanol–water partition coefficient (Wildman–Crippen LogP) is 2.74. The van der Waals surface area contributed by atoms with Gasteiger partial charge in [-0.3, -0.25) is 9.78 Å². The van der Waals surface area contributed by atoms with Gasteiger partial charge in [0.1, 0.15) is 0 Å². The van der Waals surface area contributed by atoms with Crippen molar-refractivity contribution >= 4 is 11.9 Å². The minimum Gasteiger partial charge on any atom is -0.378 e. The molecule has 2 aliphatic heterocycles. The topological polar surface area (TPSA) is 71.5 Å². The number of rotatable bonds is 4. The van der Waals surface area contributed by atoms with E-state index in [2.05, 4.69) is 14.9 Å². The summed E-state index contributed by atoms with van der Waals surface area (Å²) in [5.41, 5.74) is 3.14. The number of aromatic nitrogens is 3. The summed E-state index contributed by atoms with van der Waals surface area (Å²) in [5.74, 6) is 1.20. The molecule has 1 atom stereocenters. The molecule has 0 saturated carbocycles. The highest BCUT2D eigenvalue weighted by Crippen LogP contribution is 2.34. The van der Waals surface area contributed by atoms with Crippen LogP contribution in [0, 0.1) is 5.92 Å². The number of likely N-dealkylation sites (tertiary alicyclic amines) is 1. The van der Waals surface area contributed by atoms with E-state index in [9.17, 15) is 4.79 Å². The van der Waals surface area contributed by atoms with Crippen LogP contribution in [-0.4, -0.2) is 65.2 Å². The Balaban J connectivity index is 1.69. The Hall–Kier alpha value is -2.54. The second kappa shape index (κ2) is 8.86. The van der Waals surface area contributed by atoms with Crippen molar-refractivity contribution in [3.8, 4) is 11.1 Å². The summed E-state index contributed by atoms with van der Waals surface area (Å²) >= 11 is 0. The Kier molecular flexibility index (Phi) is 6.04. The quantitative estimate of drug-likeness (QED) is 0.793. The first-order valence-electron chi connectivity index (χ1n) is 10.5. The van der Waals surface area contributed by atoms with Crippen molar-refractivity contribution in [2.45, 2.75) is 32.6 Å². The molecule has 0 unspecified atom stereocenters. The Morgan fingerprint density at radius 3 is 2.66 bits per heavy atom. The molecule has 2 aromatic rings. The highest BCUT2D eigenvalue weighted by molar-refractivity contribution is 5.78. The van der Waals surface area contributed by atoms with E-state index in [-0.39, 0.29) is 17.7 Å². The number of pyridine rings is 1. The number of ether oxygens (including phenoxy) is 1. The molecule has 2 saturated heterocycles. The normalized spacial score (nSPS) is 20.2. The van der Waals surface area contributed by atoms with E-state index in [4.69, 9.17) is 9.72 Å². The fourth-order valence-corrected chi connectivity index (χ4v) is 4.13. The van der Waals surface area contributed by atoms with E-state index < -0.39 is 0 Å². The third-order valence-corrected chi connectivity index (χ3v) is 5.70. The second-order valence-electron chi connectivity index (χ2n) is 8.08. The molecule has 1 amide bonds. The first-order valence-corrected chi connectivity index (χ1v) is 10.5. The van der Waals surface area contributed by atoms with Gasteiger partial charge in [-0.1, -0.05) is 13.8 Å². The molecule has 7 nitrogen and oxygen atoms in total. The summed E-state index contributed by atoms with van der Waals surface area (Å²) in [4.78, 5) is 30.6. The average Bonchev–Trinajstić information content (AvgIpc) is 2.79. The van der Waals surface area contributed by atoms with Gasteiger partial charge in [-0.25, -0.2) is 9.97 Å². The zero-order chi connectivity index (χ0) is 20.2. The van der Waals surface area contributed by atoms with Gasteiger partial charge in [0.25, 0.3) is 0 Å². The molecular formula is C22H29N5O2. The van der Waals surface area contributed by atoms with E-state index in [1.54, 1.807) is 12.4 Å². The van der Waals surface area contributed by atoms with Crippen molar-refractivity contribution in [3.05, 3.63) is 36.4 Å². The van der Waals surface area contributed by atoms with Gasteiger partial charge in [0.15, 0.2) is 0 Å². The van der Waals surface area contributed by atoms with E-state index in [1.165, 1.54) is 0 Å². The van der Waals surface area contributed by atoms with E-state index >= 15 is 0 Å². The highest BCUT2D eigenvalue weighted by atomic mass is 16.5. The maximum atomic E-state index is 12.6. The number of carbonyl (C=O) groups is 1. The third-order valence-electron chi connectivity index (χ3n) is 5.70. The SMILES string of the molecule is CC(C)C(=O)N1CCC[C@@H](c2nc(N3CCOCC3)ncc2-c2ccncc2)C1. The number of amides is 1. The molecule has 29 heavy (non-hydrogen) atoms. The molecule has 0 aromatic carbocycles. The molecule has 4 rings (SSSR count). The van der Waals surface area contributed by atoms with Crippen molar-refractivity contribution in [1.29, 1.82) is 0 Å². The van der Waals surface area contributed by atoms with Crippen LogP contribution in [0.15, 0.2) is 30.7 Å². The number of hydrogen-bond donors (Lipinski definition) is 0. The molecule has 0 spiro atoms. The lowest BCUT2D eigenvalue weighted by Crippen LogP contribution is -2.41. The maximum Gasteiger partial charge on any atom is 0.225 e. The van der Waals surface area contributed by atoms with Crippen LogP contribution in [0.5, 0.6) is 0 Å². The van der Waals surface area contributed by atoms with Crippen LogP contribution in [0.3, 0.4) is 0 Å². The monoisotopic (exact) mass is 395 g/mol. The summed E-state index contributed by atoms with van der Waals surface area (Å²) in [6.45, 7) is 8.49. The maximum absolute atomic E-state index is 12.6. The summed E-state index contributed by atoms with van der Waals surface area (Å²) < 4.78 is 5.48. The van der Waals surface area contributed by atoms with Gasteiger partial charge in [0.05, 0.1) is 18.9 Å². The van der Waals surface area contributed by atoms with Crippen LogP contribution in [0.4, 0.5) is 5.95 Å². The van der Waals surface area contributed by atoms with Gasteiger partial charge in [-0.2, -0.15) is 0 Å². The molecule has 2 aromatic heterocycles. The first-order chi connectivity index (χ1) is 14.1. The molecule has 2 fully saturated rings. The van der Waals surface area contributed by atoms with Crippen molar-refractivity contribution in [2.75, 3.05) is 44.3 Å². The van der Waals surface area contributed by atoms with E-state index in [1.807, 2.05) is 37.1 Å². The minimum atomic E-state index is 0.0164. The lowest BCUT2D eigenvalue weighted by atomic mass is 9.89. The van der Waals surface area contributed by atoms with Crippen molar-refractivity contribution in [3.63, 3.8) is 0 Å². The number of hydrogen-bond acceptors (Lipinski definition) is 6. The summed E-state index contributed by atoms with van der Waals surface area (Å²) in [5, 5.41) is 0. The number of piperidine rings is 1. The van der Waals surface area contributed by atoms with Crippen LogP contribution < -0.4 is 4.90 Å². The van der Waals surface area contributed by atoms with Crippen molar-refractivity contribution in [1.82, 2.24) is 19.9 Å². The fraction of sp³-hybridized carbons (Fsp3) is 0.545. The zero-order valence-electron chi connectivity index (χ0n) is 17.3. The number of morpholine rings is 1. The summed E-state index contributed by atoms with van der Waals surface area (Å²) in [7, 11) is 0. The van der Waals surface area contributed by atoms with Crippen LogP contribution in [-0.2, 0) is 9.53 Å². The minimum absolute atomic E-state index is 0.0164. The van der Waals surface area contributed by atoms with Gasteiger partial charge >= 0.3 is 0 Å². The standard InChI is InChI=1S/C22H29N5O2/c1-16(2)21(28)27-9-3-4-18(15-27)20-19(17-5-7-23-8-6-17)14-24-22(25-20)26-10-12-29-13-11-26/h5-8,14,16,18H,3-4,9-13,15H2,1-2H3/t18-/m1/s1.